The van der Waals surface area contributed by atoms with Crippen LogP contribution in [0.25, 0.3) is 21.7 Å². The number of fused-ring (bicyclic) bond motifs is 1. The molecule has 3 aromatic heterocycles. The van der Waals surface area contributed by atoms with Crippen LogP contribution in [0.1, 0.15) is 12.4 Å². The molecule has 0 fully saturated rings. The number of halogens is 3. The van der Waals surface area contributed by atoms with Crippen LogP contribution in [0.2, 0.25) is 0 Å². The third kappa shape index (κ3) is 3.33. The molecule has 0 N–H and O–H groups in total. The van der Waals surface area contributed by atoms with Gasteiger partial charge in [-0.15, -0.1) is 11.3 Å². The van der Waals surface area contributed by atoms with Crippen molar-refractivity contribution in [1.82, 2.24) is 19.7 Å². The first-order valence-electron chi connectivity index (χ1n) is 7.07. The summed E-state index contributed by atoms with van der Waals surface area (Å²) in [6, 6.07) is 8.70. The van der Waals surface area contributed by atoms with E-state index in [1.54, 1.807) is 24.3 Å². The molecule has 4 rings (SSSR count). The zero-order valence-corrected chi connectivity index (χ0v) is 15.6. The Kier molecular flexibility index (Phi) is 4.57. The molecule has 0 saturated carbocycles. The SMILES string of the molecule is FC(F)n1c(SCc2nc(-c3cc(Br)cs3)no2)nc2ccccc21. The molecule has 0 aliphatic heterocycles. The molecule has 0 radical (unpaired) electrons. The standard InChI is InChI=1S/C15H9BrF2N4OS2/c16-8-5-11(24-6-8)13-20-12(23-21-13)7-25-15-19-9-3-1-2-4-10(9)22(15)14(17)18/h1-6,14H,7H2. The first-order chi connectivity index (χ1) is 12.1. The number of aromatic nitrogens is 4. The lowest BCUT2D eigenvalue weighted by molar-refractivity contribution is 0.0656. The monoisotopic (exact) mass is 442 g/mol. The summed E-state index contributed by atoms with van der Waals surface area (Å²) >= 11 is 6.00. The van der Waals surface area contributed by atoms with Crippen molar-refractivity contribution in [3.05, 3.63) is 46.1 Å². The Hall–Kier alpha value is -1.78. The topological polar surface area (TPSA) is 56.7 Å². The average molecular weight is 443 g/mol. The molecule has 25 heavy (non-hydrogen) atoms. The van der Waals surface area contributed by atoms with Crippen molar-refractivity contribution in [3.8, 4) is 10.7 Å². The highest BCUT2D eigenvalue weighted by Crippen LogP contribution is 2.32. The maximum atomic E-state index is 13.4. The summed E-state index contributed by atoms with van der Waals surface area (Å²) in [7, 11) is 0. The number of thiophene rings is 1. The molecule has 3 heterocycles. The van der Waals surface area contributed by atoms with Gasteiger partial charge in [0.2, 0.25) is 11.7 Å². The Balaban J connectivity index is 1.57. The highest BCUT2D eigenvalue weighted by atomic mass is 79.9. The highest BCUT2D eigenvalue weighted by molar-refractivity contribution is 9.10. The lowest BCUT2D eigenvalue weighted by Crippen LogP contribution is -2.00. The summed E-state index contributed by atoms with van der Waals surface area (Å²) in [6.45, 7) is -2.67. The minimum absolute atomic E-state index is 0.217. The van der Waals surface area contributed by atoms with Gasteiger partial charge in [0.05, 0.1) is 21.7 Å². The molecule has 0 aliphatic carbocycles. The zero-order chi connectivity index (χ0) is 17.4. The van der Waals surface area contributed by atoms with Gasteiger partial charge < -0.3 is 4.52 Å². The van der Waals surface area contributed by atoms with Gasteiger partial charge in [-0.2, -0.15) is 13.8 Å². The number of imidazole rings is 1. The van der Waals surface area contributed by atoms with E-state index in [9.17, 15) is 8.78 Å². The summed E-state index contributed by atoms with van der Waals surface area (Å²) in [4.78, 5) is 9.44. The normalized spacial score (nSPS) is 11.7. The predicted octanol–water partition coefficient (Wildman–Crippen LogP) is 5.60. The smallest absolute Gasteiger partial charge is 0.321 e. The van der Waals surface area contributed by atoms with Gasteiger partial charge in [-0.25, -0.2) is 4.98 Å². The fraction of sp³-hybridized carbons (Fsp3) is 0.133. The van der Waals surface area contributed by atoms with E-state index in [2.05, 4.69) is 31.1 Å². The minimum atomic E-state index is -2.67. The summed E-state index contributed by atoms with van der Waals surface area (Å²) in [5.74, 6) is 1.10. The Morgan fingerprint density at radius 3 is 2.88 bits per heavy atom. The van der Waals surface area contributed by atoms with E-state index in [1.165, 1.54) is 11.3 Å². The van der Waals surface area contributed by atoms with Crippen LogP contribution < -0.4 is 0 Å². The number of hydrogen-bond donors (Lipinski definition) is 0. The maximum absolute atomic E-state index is 13.4. The van der Waals surface area contributed by atoms with E-state index in [0.29, 0.717) is 22.7 Å². The van der Waals surface area contributed by atoms with E-state index in [0.717, 1.165) is 25.7 Å². The summed E-state index contributed by atoms with van der Waals surface area (Å²) in [5, 5.41) is 6.07. The van der Waals surface area contributed by atoms with Gasteiger partial charge in [0.25, 0.3) is 0 Å². The Morgan fingerprint density at radius 1 is 1.28 bits per heavy atom. The van der Waals surface area contributed by atoms with Crippen LogP contribution in [0.5, 0.6) is 0 Å². The average Bonchev–Trinajstić information content (AvgIpc) is 3.29. The number of benzene rings is 1. The van der Waals surface area contributed by atoms with Gasteiger partial charge in [0, 0.05) is 9.85 Å². The van der Waals surface area contributed by atoms with Crippen molar-refractivity contribution in [1.29, 1.82) is 0 Å². The van der Waals surface area contributed by atoms with Gasteiger partial charge in [0.1, 0.15) is 0 Å². The third-order valence-corrected chi connectivity index (χ3v) is 5.96. The van der Waals surface area contributed by atoms with Crippen LogP contribution in [-0.2, 0) is 5.75 Å². The van der Waals surface area contributed by atoms with Gasteiger partial charge in [-0.1, -0.05) is 29.1 Å². The van der Waals surface area contributed by atoms with Crippen LogP contribution in [-0.4, -0.2) is 19.7 Å². The maximum Gasteiger partial charge on any atom is 0.321 e. The van der Waals surface area contributed by atoms with E-state index in [4.69, 9.17) is 4.52 Å². The number of hydrogen-bond acceptors (Lipinski definition) is 6. The molecule has 1 aromatic carbocycles. The van der Waals surface area contributed by atoms with E-state index < -0.39 is 6.55 Å². The molecule has 128 valence electrons. The summed E-state index contributed by atoms with van der Waals surface area (Å²) < 4.78 is 33.9. The van der Waals surface area contributed by atoms with E-state index >= 15 is 0 Å². The van der Waals surface area contributed by atoms with Crippen LogP contribution in [0.4, 0.5) is 8.78 Å². The van der Waals surface area contributed by atoms with Crippen LogP contribution in [0, 0.1) is 0 Å². The number of para-hydroxylation sites is 2. The molecular weight excluding hydrogens is 434 g/mol. The minimum Gasteiger partial charge on any atom is -0.338 e. The van der Waals surface area contributed by atoms with E-state index in [-0.39, 0.29) is 10.9 Å². The van der Waals surface area contributed by atoms with Crippen LogP contribution in [0.15, 0.2) is 49.9 Å². The van der Waals surface area contributed by atoms with Crippen molar-refractivity contribution in [3.63, 3.8) is 0 Å². The molecule has 0 saturated heterocycles. The van der Waals surface area contributed by atoms with Crippen LogP contribution in [0.3, 0.4) is 0 Å². The number of alkyl halides is 2. The fourth-order valence-electron chi connectivity index (χ4n) is 2.28. The van der Waals surface area contributed by atoms with Crippen molar-refractivity contribution in [2.24, 2.45) is 0 Å². The van der Waals surface area contributed by atoms with Gasteiger partial charge in [-0.3, -0.25) is 4.57 Å². The number of nitrogens with zero attached hydrogens (tertiary/aromatic N) is 4. The molecular formula is C15H9BrF2N4OS2. The van der Waals surface area contributed by atoms with Gasteiger partial charge >= 0.3 is 6.55 Å². The largest absolute Gasteiger partial charge is 0.338 e. The number of rotatable bonds is 5. The lowest BCUT2D eigenvalue weighted by atomic mass is 10.3. The zero-order valence-electron chi connectivity index (χ0n) is 12.4. The molecule has 0 spiro atoms. The molecule has 0 amide bonds. The second-order valence-corrected chi connectivity index (χ2v) is 7.73. The fourth-order valence-corrected chi connectivity index (χ4v) is 4.48. The molecule has 0 aliphatic rings. The second-order valence-electron chi connectivity index (χ2n) is 4.96. The molecule has 10 heteroatoms. The van der Waals surface area contributed by atoms with E-state index in [1.807, 2.05) is 11.4 Å². The van der Waals surface area contributed by atoms with Crippen LogP contribution >= 0.6 is 39.0 Å². The van der Waals surface area contributed by atoms with Crippen molar-refractivity contribution >= 4 is 50.1 Å². The van der Waals surface area contributed by atoms with Crippen molar-refractivity contribution in [2.45, 2.75) is 17.5 Å². The molecule has 0 unspecified atom stereocenters. The quantitative estimate of drug-likeness (QED) is 0.376. The molecule has 0 bridgehead atoms. The predicted molar refractivity (Wildman–Crippen MR) is 95.9 cm³/mol. The van der Waals surface area contributed by atoms with Gasteiger partial charge in [-0.05, 0) is 34.1 Å². The number of thioether (sulfide) groups is 1. The van der Waals surface area contributed by atoms with Crippen molar-refractivity contribution in [2.75, 3.05) is 0 Å². The first-order valence-corrected chi connectivity index (χ1v) is 9.72. The first kappa shape index (κ1) is 16.7. The lowest BCUT2D eigenvalue weighted by Gasteiger charge is -2.05. The highest BCUT2D eigenvalue weighted by Gasteiger charge is 2.19. The van der Waals surface area contributed by atoms with Crippen molar-refractivity contribution < 1.29 is 13.3 Å². The Bertz CT molecular complexity index is 1030. The summed E-state index contributed by atoms with van der Waals surface area (Å²) in [5.41, 5.74) is 0.926. The molecule has 5 nitrogen and oxygen atoms in total. The Labute approximate surface area is 157 Å². The molecule has 4 aromatic rings. The second kappa shape index (κ2) is 6.85. The third-order valence-electron chi connectivity index (χ3n) is 3.34. The molecule has 0 atom stereocenters. The Morgan fingerprint density at radius 2 is 2.12 bits per heavy atom. The van der Waals surface area contributed by atoms with Gasteiger partial charge in [0.15, 0.2) is 5.16 Å². The summed E-state index contributed by atoms with van der Waals surface area (Å²) in [6.07, 6.45) is 0.